The van der Waals surface area contributed by atoms with E-state index in [0.717, 1.165) is 32.2 Å². The van der Waals surface area contributed by atoms with Crippen LogP contribution in [0.1, 0.15) is 44.7 Å². The Bertz CT molecular complexity index is 388. The van der Waals surface area contributed by atoms with Gasteiger partial charge in [0.2, 0.25) is 0 Å². The summed E-state index contributed by atoms with van der Waals surface area (Å²) in [6.45, 7) is 10.8. The van der Waals surface area contributed by atoms with E-state index >= 15 is 0 Å². The van der Waals surface area contributed by atoms with Crippen molar-refractivity contribution in [2.45, 2.75) is 45.6 Å². The molecule has 2 nitrogen and oxygen atoms in total. The third kappa shape index (κ3) is 4.63. The Morgan fingerprint density at radius 3 is 2.63 bits per heavy atom. The maximum absolute atomic E-state index is 5.39. The highest BCUT2D eigenvalue weighted by Crippen LogP contribution is 2.22. The minimum Gasteiger partial charge on any atom is -0.381 e. The second-order valence-corrected chi connectivity index (χ2v) is 6.64. The lowest BCUT2D eigenvalue weighted by Crippen LogP contribution is -2.27. The molecule has 0 bridgehead atoms. The minimum atomic E-state index is 0.233. The van der Waals surface area contributed by atoms with Gasteiger partial charge in [0.15, 0.2) is 0 Å². The number of hydrogen-bond acceptors (Lipinski definition) is 2. The third-order valence-electron chi connectivity index (χ3n) is 3.90. The van der Waals surface area contributed by atoms with Gasteiger partial charge in [-0.2, -0.15) is 0 Å². The Morgan fingerprint density at radius 1 is 1.21 bits per heavy atom. The maximum atomic E-state index is 5.39. The lowest BCUT2D eigenvalue weighted by molar-refractivity contribution is 0.0662. The van der Waals surface area contributed by atoms with Crippen LogP contribution < -0.4 is 5.32 Å². The van der Waals surface area contributed by atoms with Crippen LogP contribution in [0.5, 0.6) is 0 Å². The van der Waals surface area contributed by atoms with Crippen LogP contribution in [0.2, 0.25) is 0 Å². The number of nitrogens with one attached hydrogen (secondary N) is 1. The molecular weight excluding hydrogens is 234 g/mol. The number of ether oxygens (including phenoxy) is 1. The van der Waals surface area contributed by atoms with Gasteiger partial charge in [-0.1, -0.05) is 45.0 Å². The van der Waals surface area contributed by atoms with Gasteiger partial charge < -0.3 is 10.1 Å². The van der Waals surface area contributed by atoms with E-state index in [-0.39, 0.29) is 5.41 Å². The van der Waals surface area contributed by atoms with E-state index in [0.29, 0.717) is 0 Å². The Morgan fingerprint density at radius 2 is 1.95 bits per heavy atom. The van der Waals surface area contributed by atoms with Gasteiger partial charge in [0.05, 0.1) is 0 Å². The molecule has 1 heterocycles. The summed E-state index contributed by atoms with van der Waals surface area (Å²) in [6.07, 6.45) is 2.41. The summed E-state index contributed by atoms with van der Waals surface area (Å²) in [5.41, 5.74) is 3.04. The lowest BCUT2D eigenvalue weighted by atomic mass is 9.86. The maximum Gasteiger partial charge on any atom is 0.0469 e. The molecular formula is C17H27NO. The Labute approximate surface area is 117 Å². The van der Waals surface area contributed by atoms with E-state index in [9.17, 15) is 0 Å². The van der Waals surface area contributed by atoms with Crippen molar-refractivity contribution in [1.82, 2.24) is 5.32 Å². The van der Waals surface area contributed by atoms with Crippen LogP contribution in [0.3, 0.4) is 0 Å². The van der Waals surface area contributed by atoms with Gasteiger partial charge in [-0.3, -0.25) is 0 Å². The van der Waals surface area contributed by atoms with Gasteiger partial charge in [0.25, 0.3) is 0 Å². The Balaban J connectivity index is 1.82. The van der Waals surface area contributed by atoms with E-state index in [1.165, 1.54) is 24.0 Å². The average Bonchev–Trinajstić information content (AvgIpc) is 2.39. The number of rotatable bonds is 4. The Hall–Kier alpha value is -0.860. The zero-order valence-electron chi connectivity index (χ0n) is 12.5. The van der Waals surface area contributed by atoms with Crippen LogP contribution in [0.15, 0.2) is 24.3 Å². The van der Waals surface area contributed by atoms with Gasteiger partial charge in [0, 0.05) is 19.8 Å². The summed E-state index contributed by atoms with van der Waals surface area (Å²) in [6, 6.07) is 8.94. The molecule has 2 rings (SSSR count). The smallest absolute Gasteiger partial charge is 0.0469 e. The first-order valence-electron chi connectivity index (χ1n) is 7.43. The highest BCUT2D eigenvalue weighted by Gasteiger charge is 2.14. The SMILES string of the molecule is CC(C)(C)c1cccc(CNCC2CCOCC2)c1. The zero-order chi connectivity index (χ0) is 13.7. The lowest BCUT2D eigenvalue weighted by Gasteiger charge is -2.23. The molecule has 106 valence electrons. The van der Waals surface area contributed by atoms with Gasteiger partial charge in [-0.15, -0.1) is 0 Å². The van der Waals surface area contributed by atoms with Crippen molar-refractivity contribution >= 4 is 0 Å². The zero-order valence-corrected chi connectivity index (χ0v) is 12.5. The van der Waals surface area contributed by atoms with Crippen LogP contribution in [0.25, 0.3) is 0 Å². The summed E-state index contributed by atoms with van der Waals surface area (Å²) in [5.74, 6) is 0.791. The molecule has 0 atom stereocenters. The third-order valence-corrected chi connectivity index (χ3v) is 3.90. The van der Waals surface area contributed by atoms with Crippen molar-refractivity contribution in [2.24, 2.45) is 5.92 Å². The molecule has 1 N–H and O–H groups in total. The predicted octanol–water partition coefficient (Wildman–Crippen LogP) is 3.50. The van der Waals surface area contributed by atoms with Crippen LogP contribution in [-0.4, -0.2) is 19.8 Å². The fraction of sp³-hybridized carbons (Fsp3) is 0.647. The second kappa shape index (κ2) is 6.53. The van der Waals surface area contributed by atoms with Crippen LogP contribution in [0, 0.1) is 5.92 Å². The molecule has 19 heavy (non-hydrogen) atoms. The summed E-state index contributed by atoms with van der Waals surface area (Å²) in [7, 11) is 0. The molecule has 1 aromatic rings. The topological polar surface area (TPSA) is 21.3 Å². The highest BCUT2D eigenvalue weighted by atomic mass is 16.5. The summed E-state index contributed by atoms with van der Waals surface area (Å²) in [4.78, 5) is 0. The highest BCUT2D eigenvalue weighted by molar-refractivity contribution is 5.28. The minimum absolute atomic E-state index is 0.233. The first-order valence-corrected chi connectivity index (χ1v) is 7.43. The first-order chi connectivity index (χ1) is 9.05. The van der Waals surface area contributed by atoms with E-state index in [1.807, 2.05) is 0 Å². The number of hydrogen-bond donors (Lipinski definition) is 1. The normalized spacial score (nSPS) is 17.6. The van der Waals surface area contributed by atoms with E-state index in [4.69, 9.17) is 4.74 Å². The molecule has 0 unspecified atom stereocenters. The molecule has 1 aliphatic rings. The van der Waals surface area contributed by atoms with Crippen molar-refractivity contribution in [1.29, 1.82) is 0 Å². The van der Waals surface area contributed by atoms with Gasteiger partial charge in [-0.05, 0) is 41.8 Å². The van der Waals surface area contributed by atoms with Crippen molar-refractivity contribution in [3.8, 4) is 0 Å². The molecule has 1 aliphatic heterocycles. The van der Waals surface area contributed by atoms with Crippen molar-refractivity contribution < 1.29 is 4.74 Å². The molecule has 0 aromatic heterocycles. The molecule has 0 saturated carbocycles. The van der Waals surface area contributed by atoms with E-state index < -0.39 is 0 Å². The molecule has 2 heteroatoms. The van der Waals surface area contributed by atoms with Gasteiger partial charge >= 0.3 is 0 Å². The molecule has 0 radical (unpaired) electrons. The van der Waals surface area contributed by atoms with Crippen LogP contribution in [-0.2, 0) is 16.7 Å². The molecule has 1 aromatic carbocycles. The molecule has 0 spiro atoms. The van der Waals surface area contributed by atoms with Crippen molar-refractivity contribution in [3.63, 3.8) is 0 Å². The van der Waals surface area contributed by atoms with Crippen LogP contribution in [0.4, 0.5) is 0 Å². The Kier molecular flexibility index (Phi) is 5.00. The van der Waals surface area contributed by atoms with Gasteiger partial charge in [-0.25, -0.2) is 0 Å². The average molecular weight is 261 g/mol. The standard InChI is InChI=1S/C17H27NO/c1-17(2,3)16-6-4-5-15(11-16)13-18-12-14-7-9-19-10-8-14/h4-6,11,14,18H,7-10,12-13H2,1-3H3. The fourth-order valence-electron chi connectivity index (χ4n) is 2.52. The fourth-order valence-corrected chi connectivity index (χ4v) is 2.52. The first kappa shape index (κ1) is 14.5. The van der Waals surface area contributed by atoms with Crippen molar-refractivity contribution in [2.75, 3.05) is 19.8 Å². The molecule has 0 amide bonds. The predicted molar refractivity (Wildman–Crippen MR) is 80.4 cm³/mol. The second-order valence-electron chi connectivity index (χ2n) is 6.64. The molecule has 1 fully saturated rings. The quantitative estimate of drug-likeness (QED) is 0.895. The largest absolute Gasteiger partial charge is 0.381 e. The molecule has 1 saturated heterocycles. The van der Waals surface area contributed by atoms with Gasteiger partial charge in [0.1, 0.15) is 0 Å². The van der Waals surface area contributed by atoms with E-state index in [1.54, 1.807) is 0 Å². The molecule has 0 aliphatic carbocycles. The number of benzene rings is 1. The van der Waals surface area contributed by atoms with Crippen molar-refractivity contribution in [3.05, 3.63) is 35.4 Å². The van der Waals surface area contributed by atoms with Crippen LogP contribution >= 0.6 is 0 Å². The summed E-state index contributed by atoms with van der Waals surface area (Å²) < 4.78 is 5.39. The monoisotopic (exact) mass is 261 g/mol. The summed E-state index contributed by atoms with van der Waals surface area (Å²) in [5, 5.41) is 3.59. The summed E-state index contributed by atoms with van der Waals surface area (Å²) >= 11 is 0. The van der Waals surface area contributed by atoms with E-state index in [2.05, 4.69) is 50.4 Å².